The number of nitrogens with one attached hydrogen (secondary N) is 2. The number of carbonyl (C=O) groups is 2. The van der Waals surface area contributed by atoms with E-state index < -0.39 is 27.8 Å². The van der Waals surface area contributed by atoms with Gasteiger partial charge in [0.05, 0.1) is 4.90 Å². The summed E-state index contributed by atoms with van der Waals surface area (Å²) in [5.74, 6) is -1.47. The molecule has 0 aromatic heterocycles. The molecule has 0 spiro atoms. The largest absolute Gasteiger partial charge is 0.481 e. The van der Waals surface area contributed by atoms with Crippen molar-refractivity contribution in [3.8, 4) is 0 Å². The molecule has 0 aliphatic carbocycles. The van der Waals surface area contributed by atoms with Crippen molar-refractivity contribution in [1.82, 2.24) is 14.9 Å². The molecule has 0 unspecified atom stereocenters. The van der Waals surface area contributed by atoms with Crippen molar-refractivity contribution >= 4 is 22.0 Å². The Bertz CT molecular complexity index is 663. The van der Waals surface area contributed by atoms with Crippen LogP contribution in [0.5, 0.6) is 0 Å². The standard InChI is InChI=1S/C14H20FN3O5S/c1-18(24(22,23)12-6-4-11(15)5-7-12)10-9-17-14(21)16-8-2-3-13(19)20/h4-7H,2-3,8-10H2,1H3,(H,19,20)(H2,16,17,21). The van der Waals surface area contributed by atoms with E-state index in [1.807, 2.05) is 0 Å². The third-order valence-corrected chi connectivity index (χ3v) is 4.96. The molecule has 1 aromatic rings. The van der Waals surface area contributed by atoms with Crippen molar-refractivity contribution in [3.63, 3.8) is 0 Å². The molecule has 2 amide bonds. The van der Waals surface area contributed by atoms with E-state index in [1.165, 1.54) is 19.2 Å². The van der Waals surface area contributed by atoms with Gasteiger partial charge in [-0.3, -0.25) is 4.79 Å². The molecule has 0 atom stereocenters. The molecule has 1 aromatic carbocycles. The maximum absolute atomic E-state index is 12.8. The van der Waals surface area contributed by atoms with E-state index in [-0.39, 0.29) is 31.0 Å². The van der Waals surface area contributed by atoms with Crippen LogP contribution in [0.15, 0.2) is 29.2 Å². The van der Waals surface area contributed by atoms with Crippen LogP contribution in [-0.4, -0.2) is 56.5 Å². The van der Waals surface area contributed by atoms with E-state index in [4.69, 9.17) is 5.11 Å². The molecule has 8 nitrogen and oxygen atoms in total. The molecule has 10 heteroatoms. The fourth-order valence-electron chi connectivity index (χ4n) is 1.74. The maximum atomic E-state index is 12.8. The smallest absolute Gasteiger partial charge is 0.314 e. The van der Waals surface area contributed by atoms with Gasteiger partial charge >= 0.3 is 12.0 Å². The van der Waals surface area contributed by atoms with Gasteiger partial charge in [-0.2, -0.15) is 4.31 Å². The highest BCUT2D eigenvalue weighted by Crippen LogP contribution is 2.14. The normalized spacial score (nSPS) is 11.3. The number of sulfonamides is 1. The van der Waals surface area contributed by atoms with E-state index >= 15 is 0 Å². The number of carboxylic acid groups (broad SMARTS) is 1. The molecular formula is C14H20FN3O5S. The second kappa shape index (κ2) is 9.18. The number of likely N-dealkylation sites (N-methyl/N-ethyl adjacent to an activating group) is 1. The molecule has 0 saturated carbocycles. The molecule has 0 radical (unpaired) electrons. The summed E-state index contributed by atoms with van der Waals surface area (Å²) >= 11 is 0. The van der Waals surface area contributed by atoms with Gasteiger partial charge in [-0.05, 0) is 30.7 Å². The summed E-state index contributed by atoms with van der Waals surface area (Å²) in [7, 11) is -2.40. The zero-order valence-electron chi connectivity index (χ0n) is 13.2. The Balaban J connectivity index is 2.37. The first-order valence-corrected chi connectivity index (χ1v) is 8.63. The molecular weight excluding hydrogens is 341 g/mol. The molecule has 0 aliphatic rings. The SMILES string of the molecule is CN(CCNC(=O)NCCCC(=O)O)S(=O)(=O)c1ccc(F)cc1. The second-order valence-corrected chi connectivity index (χ2v) is 7.01. The van der Waals surface area contributed by atoms with Crippen LogP contribution in [0, 0.1) is 5.82 Å². The number of hydrogen-bond acceptors (Lipinski definition) is 4. The van der Waals surface area contributed by atoms with Crippen molar-refractivity contribution < 1.29 is 27.5 Å². The summed E-state index contributed by atoms with van der Waals surface area (Å²) in [6.45, 7) is 0.311. The van der Waals surface area contributed by atoms with Crippen LogP contribution in [0.4, 0.5) is 9.18 Å². The number of aliphatic carboxylic acids is 1. The Morgan fingerprint density at radius 3 is 2.33 bits per heavy atom. The van der Waals surface area contributed by atoms with Crippen LogP contribution in [0.3, 0.4) is 0 Å². The zero-order valence-corrected chi connectivity index (χ0v) is 14.0. The minimum atomic E-state index is -3.75. The first-order chi connectivity index (χ1) is 11.2. The fourth-order valence-corrected chi connectivity index (χ4v) is 2.91. The predicted octanol–water partition coefficient (Wildman–Crippen LogP) is 0.610. The molecule has 1 rings (SSSR count). The monoisotopic (exact) mass is 361 g/mol. The first kappa shape index (κ1) is 19.8. The number of carbonyl (C=O) groups excluding carboxylic acids is 1. The topological polar surface area (TPSA) is 116 Å². The average Bonchev–Trinajstić information content (AvgIpc) is 2.51. The first-order valence-electron chi connectivity index (χ1n) is 7.19. The van der Waals surface area contributed by atoms with Gasteiger partial charge in [0, 0.05) is 33.1 Å². The van der Waals surface area contributed by atoms with Crippen LogP contribution in [-0.2, 0) is 14.8 Å². The summed E-state index contributed by atoms with van der Waals surface area (Å²) in [6, 6.07) is 3.95. The van der Waals surface area contributed by atoms with E-state index in [2.05, 4.69) is 10.6 Å². The lowest BCUT2D eigenvalue weighted by molar-refractivity contribution is -0.137. The van der Waals surface area contributed by atoms with Gasteiger partial charge in [0.1, 0.15) is 5.82 Å². The molecule has 0 fully saturated rings. The summed E-state index contributed by atoms with van der Waals surface area (Å²) in [6.07, 6.45) is 0.264. The van der Waals surface area contributed by atoms with Crippen LogP contribution in [0.25, 0.3) is 0 Å². The lowest BCUT2D eigenvalue weighted by atomic mass is 10.3. The number of carboxylic acids is 1. The number of amides is 2. The van der Waals surface area contributed by atoms with Crippen LogP contribution in [0.1, 0.15) is 12.8 Å². The van der Waals surface area contributed by atoms with Gasteiger partial charge in [-0.1, -0.05) is 0 Å². The molecule has 0 bridgehead atoms. The number of rotatable bonds is 9. The average molecular weight is 361 g/mol. The van der Waals surface area contributed by atoms with Gasteiger partial charge in [0.25, 0.3) is 0 Å². The predicted molar refractivity (Wildman–Crippen MR) is 84.5 cm³/mol. The molecule has 24 heavy (non-hydrogen) atoms. The van der Waals surface area contributed by atoms with Crippen LogP contribution < -0.4 is 10.6 Å². The Morgan fingerprint density at radius 2 is 1.75 bits per heavy atom. The Hall–Kier alpha value is -2.20. The minimum absolute atomic E-state index is 0.0300. The summed E-state index contributed by atoms with van der Waals surface area (Å²) in [5.41, 5.74) is 0. The quantitative estimate of drug-likeness (QED) is 0.557. The molecule has 134 valence electrons. The number of hydrogen-bond donors (Lipinski definition) is 3. The number of halogens is 1. The lowest BCUT2D eigenvalue weighted by Gasteiger charge is -2.17. The van der Waals surface area contributed by atoms with Crippen LogP contribution >= 0.6 is 0 Å². The van der Waals surface area contributed by atoms with Gasteiger partial charge in [0.15, 0.2) is 0 Å². The zero-order chi connectivity index (χ0) is 18.2. The molecule has 0 heterocycles. The summed E-state index contributed by atoms with van der Waals surface area (Å²) in [4.78, 5) is 21.7. The van der Waals surface area contributed by atoms with E-state index in [0.717, 1.165) is 16.4 Å². The molecule has 0 aliphatic heterocycles. The Morgan fingerprint density at radius 1 is 1.17 bits per heavy atom. The van der Waals surface area contributed by atoms with E-state index in [0.29, 0.717) is 6.42 Å². The van der Waals surface area contributed by atoms with Gasteiger partial charge in [0.2, 0.25) is 10.0 Å². The third-order valence-electron chi connectivity index (χ3n) is 3.09. The second-order valence-electron chi connectivity index (χ2n) is 4.96. The van der Waals surface area contributed by atoms with Crippen LogP contribution in [0.2, 0.25) is 0 Å². The van der Waals surface area contributed by atoms with E-state index in [9.17, 15) is 22.4 Å². The van der Waals surface area contributed by atoms with Crippen molar-refractivity contribution in [2.24, 2.45) is 0 Å². The van der Waals surface area contributed by atoms with Crippen molar-refractivity contribution in [3.05, 3.63) is 30.1 Å². The summed E-state index contributed by atoms with van der Waals surface area (Å²) < 4.78 is 38.3. The number of benzene rings is 1. The third kappa shape index (κ3) is 6.50. The highest BCUT2D eigenvalue weighted by atomic mass is 32.2. The van der Waals surface area contributed by atoms with Crippen molar-refractivity contribution in [1.29, 1.82) is 0 Å². The number of nitrogens with zero attached hydrogens (tertiary/aromatic N) is 1. The maximum Gasteiger partial charge on any atom is 0.314 e. The Labute approximate surface area is 139 Å². The Kier molecular flexibility index (Phi) is 7.59. The van der Waals surface area contributed by atoms with Gasteiger partial charge in [-0.15, -0.1) is 0 Å². The lowest BCUT2D eigenvalue weighted by Crippen LogP contribution is -2.41. The highest BCUT2D eigenvalue weighted by Gasteiger charge is 2.20. The van der Waals surface area contributed by atoms with Crippen molar-refractivity contribution in [2.75, 3.05) is 26.7 Å². The van der Waals surface area contributed by atoms with Crippen molar-refractivity contribution in [2.45, 2.75) is 17.7 Å². The fraction of sp³-hybridized carbons (Fsp3) is 0.429. The molecule has 0 saturated heterocycles. The van der Waals surface area contributed by atoms with E-state index in [1.54, 1.807) is 0 Å². The summed E-state index contributed by atoms with van der Waals surface area (Å²) in [5, 5.41) is 13.4. The van der Waals surface area contributed by atoms with Gasteiger partial charge in [-0.25, -0.2) is 17.6 Å². The minimum Gasteiger partial charge on any atom is -0.481 e. The molecule has 3 N–H and O–H groups in total. The highest BCUT2D eigenvalue weighted by molar-refractivity contribution is 7.89. The van der Waals surface area contributed by atoms with Gasteiger partial charge < -0.3 is 15.7 Å². The number of urea groups is 1.